The zero-order valence-corrected chi connectivity index (χ0v) is 12.7. The van der Waals surface area contributed by atoms with Crippen LogP contribution in [0.3, 0.4) is 0 Å². The molecule has 1 heterocycles. The minimum absolute atomic E-state index is 0.286. The summed E-state index contributed by atoms with van der Waals surface area (Å²) in [5.74, 6) is 1.64. The Hall–Kier alpha value is -1.71. The fraction of sp³-hybridized carbons (Fsp3) is 0.294. The summed E-state index contributed by atoms with van der Waals surface area (Å²) in [6.45, 7) is 3.26. The molecule has 1 atom stereocenters. The molecule has 1 unspecified atom stereocenters. The van der Waals surface area contributed by atoms with Crippen molar-refractivity contribution in [3.05, 3.63) is 58.6 Å². The lowest BCUT2D eigenvalue weighted by atomic mass is 10.0. The molecule has 0 saturated heterocycles. The van der Waals surface area contributed by atoms with E-state index in [0.29, 0.717) is 6.79 Å². The Morgan fingerprint density at radius 3 is 2.81 bits per heavy atom. The summed E-state index contributed by atoms with van der Waals surface area (Å²) in [7, 11) is 0. The molecule has 110 valence electrons. The van der Waals surface area contributed by atoms with Crippen molar-refractivity contribution in [3.8, 4) is 11.5 Å². The lowest BCUT2D eigenvalue weighted by Gasteiger charge is -2.18. The molecule has 21 heavy (non-hydrogen) atoms. The van der Waals surface area contributed by atoms with E-state index in [1.807, 2.05) is 30.3 Å². The van der Waals surface area contributed by atoms with Gasteiger partial charge in [-0.2, -0.15) is 0 Å². The minimum Gasteiger partial charge on any atom is -0.454 e. The van der Waals surface area contributed by atoms with E-state index in [1.165, 1.54) is 11.1 Å². The molecule has 0 fully saturated rings. The maximum Gasteiger partial charge on any atom is 0.231 e. The first-order chi connectivity index (χ1) is 10.3. The average Bonchev–Trinajstić information content (AvgIpc) is 2.95. The minimum atomic E-state index is 0.286. The van der Waals surface area contributed by atoms with E-state index in [4.69, 9.17) is 21.1 Å². The van der Waals surface area contributed by atoms with Crippen LogP contribution in [0.5, 0.6) is 11.5 Å². The van der Waals surface area contributed by atoms with Crippen molar-refractivity contribution in [2.45, 2.75) is 25.9 Å². The number of hydrogen-bond acceptors (Lipinski definition) is 3. The number of rotatable bonds is 5. The summed E-state index contributed by atoms with van der Waals surface area (Å²) in [6, 6.07) is 14.3. The predicted octanol–water partition coefficient (Wildman–Crippen LogP) is 4.31. The largest absolute Gasteiger partial charge is 0.454 e. The van der Waals surface area contributed by atoms with Crippen LogP contribution in [0.15, 0.2) is 42.5 Å². The highest BCUT2D eigenvalue weighted by Crippen LogP contribution is 2.32. The Kier molecular flexibility index (Phi) is 4.32. The maximum atomic E-state index is 6.07. The van der Waals surface area contributed by atoms with Gasteiger partial charge in [0.15, 0.2) is 11.5 Å². The number of nitrogens with one attached hydrogen (secondary N) is 1. The monoisotopic (exact) mass is 303 g/mol. The molecule has 0 bridgehead atoms. The highest BCUT2D eigenvalue weighted by atomic mass is 35.5. The SMILES string of the molecule is CCC(NCc1ccc2c(c1)OCO2)c1cccc(Cl)c1. The molecular formula is C17H18ClNO2. The molecule has 2 aromatic rings. The Morgan fingerprint density at radius 2 is 2.00 bits per heavy atom. The molecule has 0 saturated carbocycles. The summed E-state index contributed by atoms with van der Waals surface area (Å²) in [5, 5.41) is 4.34. The van der Waals surface area contributed by atoms with Crippen molar-refractivity contribution in [1.29, 1.82) is 0 Å². The van der Waals surface area contributed by atoms with Crippen molar-refractivity contribution in [2.75, 3.05) is 6.79 Å². The van der Waals surface area contributed by atoms with Gasteiger partial charge in [-0.3, -0.25) is 0 Å². The molecule has 4 heteroatoms. The normalized spacial score (nSPS) is 14.2. The van der Waals surface area contributed by atoms with Crippen molar-refractivity contribution < 1.29 is 9.47 Å². The first kappa shape index (κ1) is 14.2. The maximum absolute atomic E-state index is 6.07. The van der Waals surface area contributed by atoms with Crippen LogP contribution in [0.2, 0.25) is 5.02 Å². The molecular weight excluding hydrogens is 286 g/mol. The Labute approximate surface area is 129 Å². The van der Waals surface area contributed by atoms with Gasteiger partial charge in [0.1, 0.15) is 0 Å². The molecule has 0 aliphatic carbocycles. The van der Waals surface area contributed by atoms with Gasteiger partial charge in [-0.1, -0.05) is 36.7 Å². The number of hydrogen-bond donors (Lipinski definition) is 1. The Morgan fingerprint density at radius 1 is 1.14 bits per heavy atom. The summed E-state index contributed by atoms with van der Waals surface area (Å²) in [5.41, 5.74) is 2.39. The predicted molar refractivity (Wildman–Crippen MR) is 83.9 cm³/mol. The van der Waals surface area contributed by atoms with Gasteiger partial charge < -0.3 is 14.8 Å². The Bertz CT molecular complexity index is 630. The second-order valence-electron chi connectivity index (χ2n) is 5.08. The highest BCUT2D eigenvalue weighted by molar-refractivity contribution is 6.30. The molecule has 1 N–H and O–H groups in total. The summed E-state index contributed by atoms with van der Waals surface area (Å²) >= 11 is 6.07. The summed E-state index contributed by atoms with van der Waals surface area (Å²) in [4.78, 5) is 0. The highest BCUT2D eigenvalue weighted by Gasteiger charge is 2.14. The molecule has 0 spiro atoms. The van der Waals surface area contributed by atoms with Gasteiger partial charge >= 0.3 is 0 Å². The van der Waals surface area contributed by atoms with Crippen LogP contribution in [-0.2, 0) is 6.54 Å². The third-order valence-corrected chi connectivity index (χ3v) is 3.88. The van der Waals surface area contributed by atoms with Crippen LogP contribution in [0, 0.1) is 0 Å². The van der Waals surface area contributed by atoms with Crippen molar-refractivity contribution in [3.63, 3.8) is 0 Å². The number of ether oxygens (including phenoxy) is 2. The third kappa shape index (κ3) is 3.31. The second-order valence-corrected chi connectivity index (χ2v) is 5.52. The van der Waals surface area contributed by atoms with E-state index in [-0.39, 0.29) is 6.04 Å². The van der Waals surface area contributed by atoms with Crippen LogP contribution < -0.4 is 14.8 Å². The van der Waals surface area contributed by atoms with Crippen LogP contribution in [0.1, 0.15) is 30.5 Å². The smallest absolute Gasteiger partial charge is 0.231 e. The Balaban J connectivity index is 1.68. The number of halogens is 1. The van der Waals surface area contributed by atoms with Gasteiger partial charge in [0.2, 0.25) is 6.79 Å². The first-order valence-electron chi connectivity index (χ1n) is 7.13. The molecule has 0 aromatic heterocycles. The van der Waals surface area contributed by atoms with Gasteiger partial charge in [-0.05, 0) is 41.8 Å². The van der Waals surface area contributed by atoms with Crippen LogP contribution in [0.25, 0.3) is 0 Å². The van der Waals surface area contributed by atoms with Crippen LogP contribution in [-0.4, -0.2) is 6.79 Å². The molecule has 0 radical (unpaired) electrons. The standard InChI is InChI=1S/C17H18ClNO2/c1-2-15(13-4-3-5-14(18)9-13)19-10-12-6-7-16-17(8-12)21-11-20-16/h3-9,15,19H,2,10-11H2,1H3. The van der Waals surface area contributed by atoms with Gasteiger partial charge in [-0.25, -0.2) is 0 Å². The fourth-order valence-electron chi connectivity index (χ4n) is 2.51. The quantitative estimate of drug-likeness (QED) is 0.893. The van der Waals surface area contributed by atoms with Gasteiger partial charge in [-0.15, -0.1) is 0 Å². The molecule has 1 aliphatic heterocycles. The molecule has 3 nitrogen and oxygen atoms in total. The van der Waals surface area contributed by atoms with Gasteiger partial charge in [0.25, 0.3) is 0 Å². The average molecular weight is 304 g/mol. The van der Waals surface area contributed by atoms with Crippen LogP contribution >= 0.6 is 11.6 Å². The van der Waals surface area contributed by atoms with Crippen molar-refractivity contribution >= 4 is 11.6 Å². The van der Waals surface area contributed by atoms with E-state index in [1.54, 1.807) is 0 Å². The van der Waals surface area contributed by atoms with Crippen molar-refractivity contribution in [1.82, 2.24) is 5.32 Å². The summed E-state index contributed by atoms with van der Waals surface area (Å²) < 4.78 is 10.7. The number of benzene rings is 2. The lowest BCUT2D eigenvalue weighted by molar-refractivity contribution is 0.174. The van der Waals surface area contributed by atoms with Gasteiger partial charge in [0.05, 0.1) is 0 Å². The topological polar surface area (TPSA) is 30.5 Å². The van der Waals surface area contributed by atoms with E-state index in [9.17, 15) is 0 Å². The first-order valence-corrected chi connectivity index (χ1v) is 7.51. The molecule has 1 aliphatic rings. The van der Waals surface area contributed by atoms with E-state index < -0.39 is 0 Å². The van der Waals surface area contributed by atoms with Crippen LogP contribution in [0.4, 0.5) is 0 Å². The van der Waals surface area contributed by atoms with Crippen molar-refractivity contribution in [2.24, 2.45) is 0 Å². The summed E-state index contributed by atoms with van der Waals surface area (Å²) in [6.07, 6.45) is 1.00. The molecule has 2 aromatic carbocycles. The van der Waals surface area contributed by atoms with E-state index >= 15 is 0 Å². The number of fused-ring (bicyclic) bond motifs is 1. The zero-order chi connectivity index (χ0) is 14.7. The lowest BCUT2D eigenvalue weighted by Crippen LogP contribution is -2.20. The van der Waals surface area contributed by atoms with E-state index in [0.717, 1.165) is 29.5 Å². The van der Waals surface area contributed by atoms with Gasteiger partial charge in [0, 0.05) is 17.6 Å². The molecule has 0 amide bonds. The fourth-order valence-corrected chi connectivity index (χ4v) is 2.71. The third-order valence-electron chi connectivity index (χ3n) is 3.65. The van der Waals surface area contributed by atoms with E-state index in [2.05, 4.69) is 24.4 Å². The molecule has 3 rings (SSSR count). The zero-order valence-electron chi connectivity index (χ0n) is 11.9. The second kappa shape index (κ2) is 6.37.